The number of amides is 1. The average Bonchev–Trinajstić information content (AvgIpc) is 3.42. The van der Waals surface area contributed by atoms with E-state index in [0.29, 0.717) is 22.3 Å². The molecule has 3 aromatic heterocycles. The van der Waals surface area contributed by atoms with E-state index in [1.165, 1.54) is 6.20 Å². The van der Waals surface area contributed by atoms with Gasteiger partial charge in [-0.3, -0.25) is 9.78 Å². The molecule has 1 amide bonds. The Kier molecular flexibility index (Phi) is 5.58. The molecule has 1 unspecified atom stereocenters. The zero-order valence-electron chi connectivity index (χ0n) is 16.4. The van der Waals surface area contributed by atoms with E-state index in [-0.39, 0.29) is 11.8 Å². The van der Waals surface area contributed by atoms with Crippen molar-refractivity contribution in [3.05, 3.63) is 77.7 Å². The Labute approximate surface area is 177 Å². The highest BCUT2D eigenvalue weighted by molar-refractivity contribution is 6.30. The highest BCUT2D eigenvalue weighted by Crippen LogP contribution is 2.24. The number of carbonyl (C=O) groups is 1. The van der Waals surface area contributed by atoms with Crippen molar-refractivity contribution in [3.63, 3.8) is 0 Å². The summed E-state index contributed by atoms with van der Waals surface area (Å²) in [6, 6.07) is 10.4. The maximum absolute atomic E-state index is 12.8. The molecular weight excluding hydrogens is 404 g/mol. The highest BCUT2D eigenvalue weighted by Gasteiger charge is 2.26. The van der Waals surface area contributed by atoms with Gasteiger partial charge in [-0.05, 0) is 36.2 Å². The standard InChI is InChI=1S/C21H19ClN6O2/c1-13(2)18(21-26-19(27-30-21)14-6-8-23-9-7-14)25-20(29)15-11-24-28(12-15)17-5-3-4-16(22)10-17/h3-13,18H,1-2H3,(H,25,29). The minimum atomic E-state index is -0.449. The summed E-state index contributed by atoms with van der Waals surface area (Å²) in [5, 5.41) is 11.8. The number of rotatable bonds is 6. The molecule has 4 aromatic rings. The largest absolute Gasteiger partial charge is 0.340 e. The zero-order valence-corrected chi connectivity index (χ0v) is 17.1. The smallest absolute Gasteiger partial charge is 0.255 e. The first-order valence-electron chi connectivity index (χ1n) is 9.37. The van der Waals surface area contributed by atoms with Crippen LogP contribution in [0.1, 0.15) is 36.1 Å². The van der Waals surface area contributed by atoms with Crippen LogP contribution in [-0.2, 0) is 0 Å². The molecule has 30 heavy (non-hydrogen) atoms. The normalized spacial score (nSPS) is 12.1. The lowest BCUT2D eigenvalue weighted by Gasteiger charge is -2.17. The minimum Gasteiger partial charge on any atom is -0.340 e. The number of benzene rings is 1. The van der Waals surface area contributed by atoms with E-state index in [9.17, 15) is 4.79 Å². The topological polar surface area (TPSA) is 98.7 Å². The minimum absolute atomic E-state index is 0.0302. The fourth-order valence-electron chi connectivity index (χ4n) is 2.92. The van der Waals surface area contributed by atoms with Gasteiger partial charge in [-0.2, -0.15) is 10.1 Å². The van der Waals surface area contributed by atoms with Crippen LogP contribution in [0.5, 0.6) is 0 Å². The summed E-state index contributed by atoms with van der Waals surface area (Å²) in [7, 11) is 0. The van der Waals surface area contributed by atoms with Crippen LogP contribution in [0.4, 0.5) is 0 Å². The van der Waals surface area contributed by atoms with Gasteiger partial charge in [-0.1, -0.05) is 36.7 Å². The Morgan fingerprint density at radius 2 is 2.00 bits per heavy atom. The van der Waals surface area contributed by atoms with Crippen molar-refractivity contribution in [3.8, 4) is 17.1 Å². The summed E-state index contributed by atoms with van der Waals surface area (Å²) in [6.07, 6.45) is 6.47. The third-order valence-electron chi connectivity index (χ3n) is 4.52. The van der Waals surface area contributed by atoms with E-state index in [1.54, 1.807) is 47.5 Å². The third-order valence-corrected chi connectivity index (χ3v) is 4.75. The van der Waals surface area contributed by atoms with Crippen molar-refractivity contribution in [2.45, 2.75) is 19.9 Å². The number of halogens is 1. The first-order chi connectivity index (χ1) is 14.5. The maximum Gasteiger partial charge on any atom is 0.255 e. The molecule has 1 N–H and O–H groups in total. The molecule has 0 aliphatic rings. The molecule has 4 rings (SSSR count). The van der Waals surface area contributed by atoms with Gasteiger partial charge in [0.1, 0.15) is 6.04 Å². The van der Waals surface area contributed by atoms with Gasteiger partial charge in [0.2, 0.25) is 11.7 Å². The van der Waals surface area contributed by atoms with Crippen molar-refractivity contribution in [1.29, 1.82) is 0 Å². The van der Waals surface area contributed by atoms with E-state index < -0.39 is 6.04 Å². The molecule has 0 fully saturated rings. The molecule has 9 heteroatoms. The van der Waals surface area contributed by atoms with Crippen LogP contribution >= 0.6 is 11.6 Å². The fraction of sp³-hybridized carbons (Fsp3) is 0.190. The molecule has 0 spiro atoms. The van der Waals surface area contributed by atoms with Gasteiger partial charge in [0.25, 0.3) is 5.91 Å². The molecule has 0 radical (unpaired) electrons. The average molecular weight is 423 g/mol. The Morgan fingerprint density at radius 1 is 1.20 bits per heavy atom. The van der Waals surface area contributed by atoms with E-state index in [0.717, 1.165) is 11.3 Å². The van der Waals surface area contributed by atoms with Crippen LogP contribution in [0.2, 0.25) is 5.02 Å². The first-order valence-corrected chi connectivity index (χ1v) is 9.74. The van der Waals surface area contributed by atoms with Crippen LogP contribution in [0.25, 0.3) is 17.1 Å². The van der Waals surface area contributed by atoms with Crippen molar-refractivity contribution < 1.29 is 9.32 Å². The maximum atomic E-state index is 12.8. The van der Waals surface area contributed by atoms with Crippen LogP contribution < -0.4 is 5.32 Å². The van der Waals surface area contributed by atoms with Crippen molar-refractivity contribution in [2.24, 2.45) is 5.92 Å². The second-order valence-electron chi connectivity index (χ2n) is 7.04. The van der Waals surface area contributed by atoms with Crippen LogP contribution in [0.3, 0.4) is 0 Å². The summed E-state index contributed by atoms with van der Waals surface area (Å²) < 4.78 is 7.03. The summed E-state index contributed by atoms with van der Waals surface area (Å²) >= 11 is 6.03. The molecule has 8 nitrogen and oxygen atoms in total. The Bertz CT molecular complexity index is 1160. The van der Waals surface area contributed by atoms with E-state index in [2.05, 4.69) is 25.5 Å². The molecule has 3 heterocycles. The number of hydrogen-bond acceptors (Lipinski definition) is 6. The van der Waals surface area contributed by atoms with Gasteiger partial charge in [0, 0.05) is 29.2 Å². The van der Waals surface area contributed by atoms with Crippen LogP contribution in [-0.4, -0.2) is 30.8 Å². The van der Waals surface area contributed by atoms with Gasteiger partial charge in [-0.25, -0.2) is 4.68 Å². The predicted octanol–water partition coefficient (Wildman–Crippen LogP) is 4.10. The Morgan fingerprint density at radius 3 is 2.73 bits per heavy atom. The molecule has 0 bridgehead atoms. The first kappa shape index (κ1) is 19.8. The van der Waals surface area contributed by atoms with Gasteiger partial charge in [0.05, 0.1) is 17.4 Å². The number of nitrogens with zero attached hydrogens (tertiary/aromatic N) is 5. The molecular formula is C21H19ClN6O2. The Hall–Kier alpha value is -3.52. The Balaban J connectivity index is 1.53. The zero-order chi connectivity index (χ0) is 21.1. The summed E-state index contributed by atoms with van der Waals surface area (Å²) in [6.45, 7) is 3.94. The summed E-state index contributed by atoms with van der Waals surface area (Å²) in [4.78, 5) is 21.3. The second-order valence-corrected chi connectivity index (χ2v) is 7.48. The van der Waals surface area contributed by atoms with Gasteiger partial charge >= 0.3 is 0 Å². The number of hydrogen-bond donors (Lipinski definition) is 1. The molecule has 0 aliphatic heterocycles. The molecule has 0 saturated heterocycles. The summed E-state index contributed by atoms with van der Waals surface area (Å²) in [5.74, 6) is 0.529. The summed E-state index contributed by atoms with van der Waals surface area (Å²) in [5.41, 5.74) is 1.96. The van der Waals surface area contributed by atoms with Gasteiger partial charge in [-0.15, -0.1) is 0 Å². The van der Waals surface area contributed by atoms with Gasteiger partial charge in [0.15, 0.2) is 0 Å². The van der Waals surface area contributed by atoms with Crippen LogP contribution in [0, 0.1) is 5.92 Å². The quantitative estimate of drug-likeness (QED) is 0.502. The molecule has 1 aromatic carbocycles. The lowest BCUT2D eigenvalue weighted by Crippen LogP contribution is -2.31. The number of aromatic nitrogens is 5. The lowest BCUT2D eigenvalue weighted by molar-refractivity contribution is 0.0914. The molecule has 152 valence electrons. The number of carbonyl (C=O) groups excluding carboxylic acids is 1. The number of nitrogens with one attached hydrogen (secondary N) is 1. The predicted molar refractivity (Wildman–Crippen MR) is 111 cm³/mol. The fourth-order valence-corrected chi connectivity index (χ4v) is 3.10. The van der Waals surface area contributed by atoms with Crippen molar-refractivity contribution >= 4 is 17.5 Å². The second kappa shape index (κ2) is 8.46. The molecule has 1 atom stereocenters. The number of pyridine rings is 1. The lowest BCUT2D eigenvalue weighted by atomic mass is 10.0. The van der Waals surface area contributed by atoms with Crippen molar-refractivity contribution in [1.82, 2.24) is 30.2 Å². The van der Waals surface area contributed by atoms with E-state index in [1.807, 2.05) is 26.0 Å². The SMILES string of the molecule is CC(C)C(NC(=O)c1cnn(-c2cccc(Cl)c2)c1)c1nc(-c2ccncc2)no1. The van der Waals surface area contributed by atoms with E-state index >= 15 is 0 Å². The van der Waals surface area contributed by atoms with Crippen LogP contribution in [0.15, 0.2) is 65.7 Å². The monoisotopic (exact) mass is 422 g/mol. The van der Waals surface area contributed by atoms with Gasteiger partial charge < -0.3 is 9.84 Å². The molecule has 0 saturated carbocycles. The van der Waals surface area contributed by atoms with E-state index in [4.69, 9.17) is 16.1 Å². The highest BCUT2D eigenvalue weighted by atomic mass is 35.5. The van der Waals surface area contributed by atoms with Crippen molar-refractivity contribution in [2.75, 3.05) is 0 Å². The molecule has 0 aliphatic carbocycles. The third kappa shape index (κ3) is 4.23.